The first-order valence-corrected chi connectivity index (χ1v) is 5.45. The van der Waals surface area contributed by atoms with Crippen LogP contribution in [0.25, 0.3) is 0 Å². The zero-order chi connectivity index (χ0) is 13.0. The highest BCUT2D eigenvalue weighted by molar-refractivity contribution is 7.80. The monoisotopic (exact) mass is 256 g/mol. The molecule has 1 atom stereocenters. The van der Waals surface area contributed by atoms with Crippen LogP contribution in [0.1, 0.15) is 23.7 Å². The van der Waals surface area contributed by atoms with Crippen molar-refractivity contribution < 1.29 is 14.3 Å². The maximum absolute atomic E-state index is 13.4. The molecule has 1 rings (SSSR count). The Morgan fingerprint density at radius 1 is 1.65 bits per heavy atom. The van der Waals surface area contributed by atoms with Crippen LogP contribution in [-0.4, -0.2) is 22.0 Å². The van der Waals surface area contributed by atoms with Crippen LogP contribution in [0.2, 0.25) is 0 Å². The first-order valence-electron chi connectivity index (χ1n) is 5.04. The lowest BCUT2D eigenvalue weighted by Crippen LogP contribution is -2.43. The topological polar surface area (TPSA) is 75.3 Å². The minimum Gasteiger partial charge on any atom is -0.508 e. The Bertz CT molecular complexity index is 451. The van der Waals surface area contributed by atoms with Crippen molar-refractivity contribution in [3.8, 4) is 5.75 Å². The molecule has 0 aromatic heterocycles. The molecule has 0 aliphatic heterocycles. The molecule has 0 bridgehead atoms. The minimum absolute atomic E-state index is 0.153. The van der Waals surface area contributed by atoms with Crippen molar-refractivity contribution >= 4 is 23.1 Å². The Kier molecular flexibility index (Phi) is 4.39. The molecule has 0 saturated carbocycles. The molecule has 6 heteroatoms. The fourth-order valence-electron chi connectivity index (χ4n) is 1.30. The van der Waals surface area contributed by atoms with Gasteiger partial charge in [-0.25, -0.2) is 4.39 Å². The van der Waals surface area contributed by atoms with E-state index >= 15 is 0 Å². The van der Waals surface area contributed by atoms with Crippen LogP contribution in [0.3, 0.4) is 0 Å². The highest BCUT2D eigenvalue weighted by Crippen LogP contribution is 2.15. The number of carbonyl (C=O) groups is 1. The van der Waals surface area contributed by atoms with E-state index in [2.05, 4.69) is 5.32 Å². The van der Waals surface area contributed by atoms with Gasteiger partial charge < -0.3 is 16.2 Å². The van der Waals surface area contributed by atoms with Crippen molar-refractivity contribution in [1.82, 2.24) is 5.32 Å². The molecule has 0 aliphatic carbocycles. The number of benzene rings is 1. The summed E-state index contributed by atoms with van der Waals surface area (Å²) in [7, 11) is 0. The van der Waals surface area contributed by atoms with E-state index in [0.29, 0.717) is 6.42 Å². The Morgan fingerprint density at radius 3 is 2.76 bits per heavy atom. The van der Waals surface area contributed by atoms with Crippen LogP contribution in [0.15, 0.2) is 18.2 Å². The summed E-state index contributed by atoms with van der Waals surface area (Å²) in [5.41, 5.74) is 5.26. The number of halogens is 1. The highest BCUT2D eigenvalue weighted by Gasteiger charge is 2.17. The SMILES string of the molecule is CCC(NC(=O)c1ccc(O)cc1F)C(N)=S. The molecule has 4 N–H and O–H groups in total. The highest BCUT2D eigenvalue weighted by atomic mass is 32.1. The van der Waals surface area contributed by atoms with Gasteiger partial charge in [-0.1, -0.05) is 19.1 Å². The number of hydrogen-bond donors (Lipinski definition) is 3. The number of nitrogens with one attached hydrogen (secondary N) is 1. The number of hydrogen-bond acceptors (Lipinski definition) is 3. The molecule has 0 fully saturated rings. The van der Waals surface area contributed by atoms with E-state index in [0.717, 1.165) is 6.07 Å². The fourth-order valence-corrected chi connectivity index (χ4v) is 1.52. The van der Waals surface area contributed by atoms with Crippen molar-refractivity contribution in [3.05, 3.63) is 29.6 Å². The quantitative estimate of drug-likeness (QED) is 0.710. The summed E-state index contributed by atoms with van der Waals surface area (Å²) >= 11 is 4.77. The molecular weight excluding hydrogens is 243 g/mol. The molecule has 0 spiro atoms. The van der Waals surface area contributed by atoms with Crippen molar-refractivity contribution in [3.63, 3.8) is 0 Å². The second-order valence-corrected chi connectivity index (χ2v) is 3.97. The molecular formula is C11H13FN2O2S. The van der Waals surface area contributed by atoms with Gasteiger partial charge in [-0.3, -0.25) is 4.79 Å². The first kappa shape index (κ1) is 13.4. The van der Waals surface area contributed by atoms with Gasteiger partial charge in [0, 0.05) is 6.07 Å². The van der Waals surface area contributed by atoms with Gasteiger partial charge in [-0.2, -0.15) is 0 Å². The predicted molar refractivity (Wildman–Crippen MR) is 66.4 cm³/mol. The predicted octanol–water partition coefficient (Wildman–Crippen LogP) is 1.33. The molecule has 1 amide bonds. The van der Waals surface area contributed by atoms with E-state index < -0.39 is 17.8 Å². The second-order valence-electron chi connectivity index (χ2n) is 3.50. The van der Waals surface area contributed by atoms with E-state index in [9.17, 15) is 9.18 Å². The fraction of sp³-hybridized carbons (Fsp3) is 0.273. The molecule has 1 aromatic rings. The summed E-state index contributed by atoms with van der Waals surface area (Å²) in [6.45, 7) is 1.80. The Morgan fingerprint density at radius 2 is 2.29 bits per heavy atom. The third-order valence-corrected chi connectivity index (χ3v) is 2.54. The van der Waals surface area contributed by atoms with Gasteiger partial charge >= 0.3 is 0 Å². The van der Waals surface area contributed by atoms with Crippen LogP contribution in [-0.2, 0) is 0 Å². The van der Waals surface area contributed by atoms with Crippen molar-refractivity contribution in [2.24, 2.45) is 5.73 Å². The van der Waals surface area contributed by atoms with Gasteiger partial charge in [-0.05, 0) is 18.6 Å². The van der Waals surface area contributed by atoms with Crippen LogP contribution in [0.4, 0.5) is 4.39 Å². The Balaban J connectivity index is 2.86. The van der Waals surface area contributed by atoms with E-state index in [1.165, 1.54) is 12.1 Å². The van der Waals surface area contributed by atoms with E-state index in [-0.39, 0.29) is 16.3 Å². The van der Waals surface area contributed by atoms with Gasteiger partial charge in [0.1, 0.15) is 11.6 Å². The third-order valence-electron chi connectivity index (χ3n) is 2.25. The maximum atomic E-state index is 13.4. The van der Waals surface area contributed by atoms with Gasteiger partial charge in [0.15, 0.2) is 0 Å². The average molecular weight is 256 g/mol. The molecule has 0 saturated heterocycles. The smallest absolute Gasteiger partial charge is 0.254 e. The average Bonchev–Trinajstić information content (AvgIpc) is 2.24. The lowest BCUT2D eigenvalue weighted by molar-refractivity contribution is 0.0942. The van der Waals surface area contributed by atoms with Crippen molar-refractivity contribution in [1.29, 1.82) is 0 Å². The normalized spacial score (nSPS) is 11.9. The number of amides is 1. The third kappa shape index (κ3) is 3.39. The zero-order valence-corrected chi connectivity index (χ0v) is 10.1. The van der Waals surface area contributed by atoms with Crippen LogP contribution in [0.5, 0.6) is 5.75 Å². The number of nitrogens with two attached hydrogens (primary N) is 1. The molecule has 1 unspecified atom stereocenters. The number of rotatable bonds is 4. The molecule has 0 heterocycles. The van der Waals surface area contributed by atoms with E-state index in [1.54, 1.807) is 6.92 Å². The first-order chi connectivity index (χ1) is 7.95. The number of aromatic hydroxyl groups is 1. The lowest BCUT2D eigenvalue weighted by Gasteiger charge is -2.15. The largest absolute Gasteiger partial charge is 0.508 e. The summed E-state index contributed by atoms with van der Waals surface area (Å²) < 4.78 is 13.4. The molecule has 0 aliphatic rings. The van der Waals surface area contributed by atoms with Crippen molar-refractivity contribution in [2.45, 2.75) is 19.4 Å². The molecule has 17 heavy (non-hydrogen) atoms. The van der Waals surface area contributed by atoms with Crippen molar-refractivity contribution in [2.75, 3.05) is 0 Å². The zero-order valence-electron chi connectivity index (χ0n) is 9.24. The number of phenols is 1. The van der Waals surface area contributed by atoms with Crippen LogP contribution >= 0.6 is 12.2 Å². The molecule has 0 radical (unpaired) electrons. The van der Waals surface area contributed by atoms with Gasteiger partial charge in [0.2, 0.25) is 0 Å². The van der Waals surface area contributed by atoms with Gasteiger partial charge in [0.05, 0.1) is 16.6 Å². The summed E-state index contributed by atoms with van der Waals surface area (Å²) in [4.78, 5) is 11.9. The standard InChI is InChI=1S/C11H13FN2O2S/c1-2-9(10(13)17)14-11(16)7-4-3-6(15)5-8(7)12/h3-5,9,15H,2H2,1H3,(H2,13,17)(H,14,16). The summed E-state index contributed by atoms with van der Waals surface area (Å²) in [5, 5.41) is 11.5. The van der Waals surface area contributed by atoms with Crippen LogP contribution < -0.4 is 11.1 Å². The number of thiocarbonyl (C=S) groups is 1. The maximum Gasteiger partial charge on any atom is 0.254 e. The summed E-state index contributed by atoms with van der Waals surface area (Å²) in [6.07, 6.45) is 0.529. The Labute approximate surface area is 104 Å². The van der Waals surface area contributed by atoms with Gasteiger partial charge in [0.25, 0.3) is 5.91 Å². The van der Waals surface area contributed by atoms with E-state index in [4.69, 9.17) is 23.1 Å². The second kappa shape index (κ2) is 5.58. The lowest BCUT2D eigenvalue weighted by atomic mass is 10.1. The number of carbonyl (C=O) groups excluding carboxylic acids is 1. The molecule has 92 valence electrons. The summed E-state index contributed by atoms with van der Waals surface area (Å²) in [6, 6.07) is 2.84. The van der Waals surface area contributed by atoms with E-state index in [1.807, 2.05) is 0 Å². The summed E-state index contributed by atoms with van der Waals surface area (Å²) in [5.74, 6) is -1.64. The molecule has 4 nitrogen and oxygen atoms in total. The van der Waals surface area contributed by atoms with Gasteiger partial charge in [-0.15, -0.1) is 0 Å². The minimum atomic E-state index is -0.791. The van der Waals surface area contributed by atoms with Crippen LogP contribution in [0, 0.1) is 5.82 Å². The Hall–Kier alpha value is -1.69. The molecule has 1 aromatic carbocycles. The number of phenolic OH excluding ortho intramolecular Hbond substituents is 1.